The monoisotopic (exact) mass is 294 g/mol. The van der Waals surface area contributed by atoms with E-state index in [4.69, 9.17) is 9.47 Å². The van der Waals surface area contributed by atoms with Gasteiger partial charge in [-0.3, -0.25) is 4.79 Å². The molecule has 86 valence electrons. The van der Waals surface area contributed by atoms with E-state index in [0.717, 1.165) is 11.3 Å². The number of hydrogen-bond donors (Lipinski definition) is 1. The largest absolute Gasteiger partial charge is 0.454 e. The second-order valence-electron chi connectivity index (χ2n) is 3.47. The van der Waals surface area contributed by atoms with Gasteiger partial charge in [-0.2, -0.15) is 0 Å². The molecule has 0 atom stereocenters. The number of carbonyl (C=O) groups excluding carboxylic acids is 1. The second kappa shape index (κ2) is 3.89. The van der Waals surface area contributed by atoms with Crippen LogP contribution in [0.5, 0.6) is 11.5 Å². The molecule has 17 heavy (non-hydrogen) atoms. The number of aromatic amines is 1. The van der Waals surface area contributed by atoms with Crippen molar-refractivity contribution >= 4 is 22.2 Å². The van der Waals surface area contributed by atoms with Crippen molar-refractivity contribution in [2.45, 2.75) is 0 Å². The molecular formula is C11H7BrN2O3. The maximum atomic E-state index is 10.6. The van der Waals surface area contributed by atoms with Crippen LogP contribution in [-0.4, -0.2) is 23.0 Å². The van der Waals surface area contributed by atoms with Crippen molar-refractivity contribution in [2.75, 3.05) is 6.79 Å². The van der Waals surface area contributed by atoms with E-state index in [9.17, 15) is 4.79 Å². The number of benzene rings is 1. The van der Waals surface area contributed by atoms with E-state index < -0.39 is 0 Å². The highest BCUT2D eigenvalue weighted by Gasteiger charge is 2.16. The van der Waals surface area contributed by atoms with Crippen LogP contribution in [0, 0.1) is 0 Å². The van der Waals surface area contributed by atoms with Crippen molar-refractivity contribution in [2.24, 2.45) is 0 Å². The van der Waals surface area contributed by atoms with Gasteiger partial charge in [0.1, 0.15) is 10.3 Å². The van der Waals surface area contributed by atoms with Gasteiger partial charge in [0, 0.05) is 5.56 Å². The number of fused-ring (bicyclic) bond motifs is 1. The minimum absolute atomic E-state index is 0.236. The summed E-state index contributed by atoms with van der Waals surface area (Å²) in [6.07, 6.45) is 0.668. The zero-order valence-corrected chi connectivity index (χ0v) is 10.2. The first-order valence-corrected chi connectivity index (χ1v) is 5.68. The van der Waals surface area contributed by atoms with Crippen molar-refractivity contribution < 1.29 is 14.3 Å². The molecule has 2 aromatic rings. The molecule has 5 nitrogen and oxygen atoms in total. The lowest BCUT2D eigenvalue weighted by Gasteiger charge is -2.00. The number of rotatable bonds is 2. The normalized spacial score (nSPS) is 12.8. The topological polar surface area (TPSA) is 64.2 Å². The third-order valence-electron chi connectivity index (χ3n) is 2.44. The van der Waals surface area contributed by atoms with E-state index in [1.54, 1.807) is 0 Å². The lowest BCUT2D eigenvalue weighted by atomic mass is 10.1. The van der Waals surface area contributed by atoms with Crippen molar-refractivity contribution in [3.05, 3.63) is 28.6 Å². The van der Waals surface area contributed by atoms with Crippen molar-refractivity contribution in [3.63, 3.8) is 0 Å². The molecule has 1 aliphatic rings. The van der Waals surface area contributed by atoms with Crippen LogP contribution in [0.1, 0.15) is 10.6 Å². The lowest BCUT2D eigenvalue weighted by molar-refractivity contribution is 0.111. The number of imidazole rings is 1. The summed E-state index contributed by atoms with van der Waals surface area (Å²) < 4.78 is 11.2. The number of nitrogens with zero attached hydrogens (tertiary/aromatic N) is 1. The Morgan fingerprint density at radius 2 is 2.18 bits per heavy atom. The Bertz CT molecular complexity index is 594. The van der Waals surface area contributed by atoms with E-state index >= 15 is 0 Å². The maximum absolute atomic E-state index is 10.6. The van der Waals surface area contributed by atoms with Gasteiger partial charge in [-0.25, -0.2) is 4.98 Å². The van der Waals surface area contributed by atoms with E-state index in [1.165, 1.54) is 0 Å². The minimum Gasteiger partial charge on any atom is -0.454 e. The summed E-state index contributed by atoms with van der Waals surface area (Å²) in [5, 5.41) is 0. The minimum atomic E-state index is 0.236. The summed E-state index contributed by atoms with van der Waals surface area (Å²) in [7, 11) is 0. The number of halogens is 1. The van der Waals surface area contributed by atoms with Crippen LogP contribution in [0.3, 0.4) is 0 Å². The van der Waals surface area contributed by atoms with Gasteiger partial charge in [0.05, 0.1) is 0 Å². The molecule has 0 amide bonds. The van der Waals surface area contributed by atoms with Crippen LogP contribution in [0.4, 0.5) is 0 Å². The average molecular weight is 295 g/mol. The molecule has 3 rings (SSSR count). The molecule has 6 heteroatoms. The van der Waals surface area contributed by atoms with Gasteiger partial charge in [0.2, 0.25) is 6.79 Å². The SMILES string of the molecule is O=Cc1nc(-c2ccc3c(c2)OCO3)c(Br)[nH]1. The van der Waals surface area contributed by atoms with Gasteiger partial charge in [0.15, 0.2) is 23.6 Å². The molecule has 1 aliphatic heterocycles. The summed E-state index contributed by atoms with van der Waals surface area (Å²) in [4.78, 5) is 17.6. The zero-order chi connectivity index (χ0) is 11.8. The van der Waals surface area contributed by atoms with Gasteiger partial charge in [0.25, 0.3) is 0 Å². The van der Waals surface area contributed by atoms with Gasteiger partial charge in [-0.15, -0.1) is 0 Å². The summed E-state index contributed by atoms with van der Waals surface area (Å²) in [6.45, 7) is 0.236. The summed E-state index contributed by atoms with van der Waals surface area (Å²) in [5.41, 5.74) is 1.52. The molecule has 1 aromatic heterocycles. The number of hydrogen-bond acceptors (Lipinski definition) is 4. The fraction of sp³-hybridized carbons (Fsp3) is 0.0909. The summed E-state index contributed by atoms with van der Waals surface area (Å²) in [6, 6.07) is 5.51. The molecule has 2 heterocycles. The third kappa shape index (κ3) is 1.70. The van der Waals surface area contributed by atoms with Crippen molar-refractivity contribution in [1.29, 1.82) is 0 Å². The number of aromatic nitrogens is 2. The Hall–Kier alpha value is -1.82. The van der Waals surface area contributed by atoms with Gasteiger partial charge >= 0.3 is 0 Å². The molecule has 0 unspecified atom stereocenters. The molecule has 1 N–H and O–H groups in total. The van der Waals surface area contributed by atoms with Crippen LogP contribution in [0.15, 0.2) is 22.8 Å². The molecule has 0 aliphatic carbocycles. The molecule has 0 saturated heterocycles. The zero-order valence-electron chi connectivity index (χ0n) is 8.57. The smallest absolute Gasteiger partial charge is 0.231 e. The van der Waals surface area contributed by atoms with Crippen LogP contribution >= 0.6 is 15.9 Å². The Morgan fingerprint density at radius 1 is 1.35 bits per heavy atom. The van der Waals surface area contributed by atoms with Gasteiger partial charge in [-0.05, 0) is 34.1 Å². The first kappa shape index (κ1) is 10.3. The Morgan fingerprint density at radius 3 is 2.94 bits per heavy atom. The third-order valence-corrected chi connectivity index (χ3v) is 3.01. The van der Waals surface area contributed by atoms with Crippen LogP contribution < -0.4 is 9.47 Å². The molecule has 0 bridgehead atoms. The average Bonchev–Trinajstić information content (AvgIpc) is 2.93. The van der Waals surface area contributed by atoms with Crippen LogP contribution in [0.25, 0.3) is 11.3 Å². The molecule has 1 aromatic carbocycles. The number of nitrogens with one attached hydrogen (secondary N) is 1. The van der Waals surface area contributed by atoms with Crippen LogP contribution in [0.2, 0.25) is 0 Å². The highest BCUT2D eigenvalue weighted by atomic mass is 79.9. The predicted molar refractivity (Wildman–Crippen MR) is 63.2 cm³/mol. The summed E-state index contributed by atoms with van der Waals surface area (Å²) >= 11 is 3.33. The first-order valence-electron chi connectivity index (χ1n) is 4.88. The Kier molecular flexibility index (Phi) is 2.36. The van der Waals surface area contributed by atoms with E-state index in [2.05, 4.69) is 25.9 Å². The summed E-state index contributed by atoms with van der Waals surface area (Å²) in [5.74, 6) is 1.69. The molecular weight excluding hydrogens is 288 g/mol. The molecule has 0 spiro atoms. The fourth-order valence-corrected chi connectivity index (χ4v) is 2.18. The van der Waals surface area contributed by atoms with E-state index in [0.29, 0.717) is 22.3 Å². The van der Waals surface area contributed by atoms with Gasteiger partial charge in [-0.1, -0.05) is 0 Å². The van der Waals surface area contributed by atoms with Crippen molar-refractivity contribution in [3.8, 4) is 22.8 Å². The molecule has 0 radical (unpaired) electrons. The number of aldehydes is 1. The second-order valence-corrected chi connectivity index (χ2v) is 4.26. The highest BCUT2D eigenvalue weighted by Crippen LogP contribution is 2.37. The number of H-pyrrole nitrogens is 1. The Labute approximate surface area is 105 Å². The molecule has 0 saturated carbocycles. The fourth-order valence-electron chi connectivity index (χ4n) is 1.66. The Balaban J connectivity index is 2.08. The highest BCUT2D eigenvalue weighted by molar-refractivity contribution is 9.10. The number of carbonyl (C=O) groups is 1. The standard InChI is InChI=1S/C11H7BrN2O3/c12-11-10(13-9(4-15)14-11)6-1-2-7-8(3-6)17-5-16-7/h1-4H,5H2,(H,13,14). The van der Waals surface area contributed by atoms with Crippen LogP contribution in [-0.2, 0) is 0 Å². The van der Waals surface area contributed by atoms with Crippen molar-refractivity contribution in [1.82, 2.24) is 9.97 Å². The van der Waals surface area contributed by atoms with E-state index in [1.807, 2.05) is 18.2 Å². The molecule has 0 fully saturated rings. The van der Waals surface area contributed by atoms with Gasteiger partial charge < -0.3 is 14.5 Å². The number of ether oxygens (including phenoxy) is 2. The maximum Gasteiger partial charge on any atom is 0.231 e. The predicted octanol–water partition coefficient (Wildman–Crippen LogP) is 2.38. The quantitative estimate of drug-likeness (QED) is 0.864. The lowest BCUT2D eigenvalue weighted by Crippen LogP contribution is -1.92. The van der Waals surface area contributed by atoms with E-state index in [-0.39, 0.29) is 12.6 Å². The first-order chi connectivity index (χ1) is 8.28.